The molecule has 0 bridgehead atoms. The highest BCUT2D eigenvalue weighted by molar-refractivity contribution is 5.91. The topological polar surface area (TPSA) is 61.4 Å². The van der Waals surface area contributed by atoms with Gasteiger partial charge < -0.3 is 15.5 Å². The molecule has 0 aliphatic rings. The third kappa shape index (κ3) is 4.59. The largest absolute Gasteiger partial charge is 0.378 e. The smallest absolute Gasteiger partial charge is 0.223 e. The van der Waals surface area contributed by atoms with Crippen molar-refractivity contribution in [3.05, 3.63) is 54.1 Å². The van der Waals surface area contributed by atoms with Crippen LogP contribution in [0.2, 0.25) is 0 Å². The van der Waals surface area contributed by atoms with Gasteiger partial charge in [0, 0.05) is 44.0 Å². The zero-order valence-corrected chi connectivity index (χ0v) is 14.5. The highest BCUT2D eigenvalue weighted by atomic mass is 16.2. The Morgan fingerprint density at radius 1 is 1.00 bits per heavy atom. The van der Waals surface area contributed by atoms with Crippen molar-refractivity contribution in [2.45, 2.75) is 26.8 Å². The summed E-state index contributed by atoms with van der Waals surface area (Å²) in [5.74, 6) is -0.101. The monoisotopic (exact) mass is 325 g/mol. The Bertz CT molecular complexity index is 743. The number of hydrogen-bond donors (Lipinski definition) is 2. The van der Waals surface area contributed by atoms with Crippen LogP contribution in [-0.2, 0) is 9.59 Å². The molecule has 0 saturated heterocycles. The number of carbonyl (C=O) groups excluding carboxylic acids is 2. The highest BCUT2D eigenvalue weighted by Gasteiger charge is 2.09. The molecule has 1 atom stereocenters. The zero-order valence-electron chi connectivity index (χ0n) is 14.5. The molecule has 0 spiro atoms. The SMILES string of the molecule is CC(=O)Nc1cccc([C@H](C)Nc2cccc(N(C)C(C)=O)c2)c1. The number of rotatable bonds is 5. The van der Waals surface area contributed by atoms with Crippen molar-refractivity contribution in [3.8, 4) is 0 Å². The molecule has 0 radical (unpaired) electrons. The van der Waals surface area contributed by atoms with Crippen LogP contribution in [0.5, 0.6) is 0 Å². The Morgan fingerprint density at radius 2 is 1.67 bits per heavy atom. The normalized spacial score (nSPS) is 11.5. The van der Waals surface area contributed by atoms with Crippen molar-refractivity contribution in [1.82, 2.24) is 0 Å². The lowest BCUT2D eigenvalue weighted by Crippen LogP contribution is -2.22. The molecular formula is C19H23N3O2. The van der Waals surface area contributed by atoms with Crippen LogP contribution in [0.1, 0.15) is 32.4 Å². The standard InChI is InChI=1S/C19H23N3O2/c1-13(16-7-5-8-17(11-16)21-14(2)23)20-18-9-6-10-19(12-18)22(4)15(3)24/h5-13,20H,1-4H3,(H,21,23)/t13-/m0/s1. The first-order valence-electron chi connectivity index (χ1n) is 7.85. The maximum atomic E-state index is 11.5. The van der Waals surface area contributed by atoms with Gasteiger partial charge in [-0.25, -0.2) is 0 Å². The lowest BCUT2D eigenvalue weighted by Gasteiger charge is -2.20. The van der Waals surface area contributed by atoms with E-state index < -0.39 is 0 Å². The number of hydrogen-bond acceptors (Lipinski definition) is 3. The van der Waals surface area contributed by atoms with Crippen molar-refractivity contribution in [2.75, 3.05) is 22.6 Å². The second-order valence-electron chi connectivity index (χ2n) is 5.80. The van der Waals surface area contributed by atoms with Crippen LogP contribution >= 0.6 is 0 Å². The fraction of sp³-hybridized carbons (Fsp3) is 0.263. The molecule has 2 N–H and O–H groups in total. The van der Waals surface area contributed by atoms with E-state index in [-0.39, 0.29) is 17.9 Å². The van der Waals surface area contributed by atoms with Gasteiger partial charge >= 0.3 is 0 Å². The maximum Gasteiger partial charge on any atom is 0.223 e. The molecule has 0 saturated carbocycles. The summed E-state index contributed by atoms with van der Waals surface area (Å²) in [6, 6.07) is 15.5. The predicted molar refractivity (Wildman–Crippen MR) is 98.3 cm³/mol. The summed E-state index contributed by atoms with van der Waals surface area (Å²) in [7, 11) is 1.75. The van der Waals surface area contributed by atoms with E-state index in [2.05, 4.69) is 10.6 Å². The molecule has 0 aliphatic heterocycles. The summed E-state index contributed by atoms with van der Waals surface area (Å²) < 4.78 is 0. The van der Waals surface area contributed by atoms with E-state index in [4.69, 9.17) is 0 Å². The molecule has 0 heterocycles. The second kappa shape index (κ2) is 7.64. The summed E-state index contributed by atoms with van der Waals surface area (Å²) in [5.41, 5.74) is 3.61. The molecule has 2 aromatic carbocycles. The van der Waals surface area contributed by atoms with Crippen LogP contribution in [0.15, 0.2) is 48.5 Å². The van der Waals surface area contributed by atoms with Crippen molar-refractivity contribution in [1.29, 1.82) is 0 Å². The van der Waals surface area contributed by atoms with Crippen molar-refractivity contribution >= 4 is 28.9 Å². The van der Waals surface area contributed by atoms with Crippen molar-refractivity contribution in [2.24, 2.45) is 0 Å². The molecule has 0 unspecified atom stereocenters. The van der Waals surface area contributed by atoms with Gasteiger partial charge in [0.15, 0.2) is 0 Å². The number of carbonyl (C=O) groups is 2. The van der Waals surface area contributed by atoms with Crippen LogP contribution in [0.3, 0.4) is 0 Å². The average molecular weight is 325 g/mol. The molecule has 126 valence electrons. The van der Waals surface area contributed by atoms with E-state index in [1.54, 1.807) is 11.9 Å². The van der Waals surface area contributed by atoms with E-state index in [0.29, 0.717) is 0 Å². The molecule has 0 fully saturated rings. The van der Waals surface area contributed by atoms with Gasteiger partial charge in [-0.1, -0.05) is 18.2 Å². The number of nitrogens with one attached hydrogen (secondary N) is 2. The third-order valence-corrected chi connectivity index (χ3v) is 3.80. The van der Waals surface area contributed by atoms with Crippen molar-refractivity contribution in [3.63, 3.8) is 0 Å². The van der Waals surface area contributed by atoms with Gasteiger partial charge in [-0.15, -0.1) is 0 Å². The van der Waals surface area contributed by atoms with Gasteiger partial charge in [0.25, 0.3) is 0 Å². The van der Waals surface area contributed by atoms with Gasteiger partial charge in [0.05, 0.1) is 0 Å². The molecule has 2 aromatic rings. The first-order chi connectivity index (χ1) is 11.4. The van der Waals surface area contributed by atoms with Crippen LogP contribution in [0, 0.1) is 0 Å². The van der Waals surface area contributed by atoms with E-state index in [0.717, 1.165) is 22.6 Å². The van der Waals surface area contributed by atoms with E-state index in [1.165, 1.54) is 13.8 Å². The minimum Gasteiger partial charge on any atom is -0.378 e. The molecule has 2 amide bonds. The van der Waals surface area contributed by atoms with E-state index in [1.807, 2.05) is 55.5 Å². The van der Waals surface area contributed by atoms with Crippen LogP contribution < -0.4 is 15.5 Å². The molecule has 24 heavy (non-hydrogen) atoms. The minimum absolute atomic E-state index is 0.0109. The van der Waals surface area contributed by atoms with Crippen LogP contribution in [-0.4, -0.2) is 18.9 Å². The summed E-state index contributed by atoms with van der Waals surface area (Å²) in [6.45, 7) is 5.08. The molecular weight excluding hydrogens is 302 g/mol. The highest BCUT2D eigenvalue weighted by Crippen LogP contribution is 2.24. The van der Waals surface area contributed by atoms with Crippen LogP contribution in [0.4, 0.5) is 17.1 Å². The second-order valence-corrected chi connectivity index (χ2v) is 5.80. The molecule has 0 aromatic heterocycles. The van der Waals surface area contributed by atoms with Gasteiger partial charge in [-0.3, -0.25) is 9.59 Å². The zero-order chi connectivity index (χ0) is 17.7. The van der Waals surface area contributed by atoms with Gasteiger partial charge in [-0.2, -0.15) is 0 Å². The Kier molecular flexibility index (Phi) is 5.58. The number of amides is 2. The minimum atomic E-state index is -0.0901. The molecule has 5 heteroatoms. The van der Waals surface area contributed by atoms with E-state index >= 15 is 0 Å². The van der Waals surface area contributed by atoms with Crippen LogP contribution in [0.25, 0.3) is 0 Å². The summed E-state index contributed by atoms with van der Waals surface area (Å²) >= 11 is 0. The predicted octanol–water partition coefficient (Wildman–Crippen LogP) is 3.80. The number of nitrogens with zero attached hydrogens (tertiary/aromatic N) is 1. The quantitative estimate of drug-likeness (QED) is 0.879. The summed E-state index contributed by atoms with van der Waals surface area (Å²) in [4.78, 5) is 24.3. The first kappa shape index (κ1) is 17.5. The number of benzene rings is 2. The van der Waals surface area contributed by atoms with Crippen molar-refractivity contribution < 1.29 is 9.59 Å². The third-order valence-electron chi connectivity index (χ3n) is 3.80. The lowest BCUT2D eigenvalue weighted by molar-refractivity contribution is -0.116. The summed E-state index contributed by atoms with van der Waals surface area (Å²) in [6.07, 6.45) is 0. The molecule has 0 aliphatic carbocycles. The average Bonchev–Trinajstić information content (AvgIpc) is 2.54. The summed E-state index contributed by atoms with van der Waals surface area (Å²) in [5, 5.41) is 6.21. The molecule has 2 rings (SSSR count). The Hall–Kier alpha value is -2.82. The number of anilines is 3. The Balaban J connectivity index is 2.15. The fourth-order valence-electron chi connectivity index (χ4n) is 2.41. The van der Waals surface area contributed by atoms with E-state index in [9.17, 15) is 9.59 Å². The maximum absolute atomic E-state index is 11.5. The fourth-order valence-corrected chi connectivity index (χ4v) is 2.41. The van der Waals surface area contributed by atoms with Gasteiger partial charge in [0.1, 0.15) is 0 Å². The van der Waals surface area contributed by atoms with Gasteiger partial charge in [0.2, 0.25) is 11.8 Å². The first-order valence-corrected chi connectivity index (χ1v) is 7.85. The van der Waals surface area contributed by atoms with Gasteiger partial charge in [-0.05, 0) is 42.8 Å². The molecule has 5 nitrogen and oxygen atoms in total. The Morgan fingerprint density at radius 3 is 2.33 bits per heavy atom. The Labute approximate surface area is 142 Å². The lowest BCUT2D eigenvalue weighted by atomic mass is 10.1.